The van der Waals surface area contributed by atoms with Crippen LogP contribution >= 0.6 is 11.3 Å². The van der Waals surface area contributed by atoms with E-state index < -0.39 is 0 Å². The smallest absolute Gasteiger partial charge is 0.251 e. The molecule has 0 spiro atoms. The lowest BCUT2D eigenvalue weighted by molar-refractivity contribution is -0.115. The van der Waals surface area contributed by atoms with Gasteiger partial charge in [-0.05, 0) is 45.0 Å². The Morgan fingerprint density at radius 2 is 1.76 bits per heavy atom. The molecule has 0 radical (unpaired) electrons. The molecule has 0 aliphatic heterocycles. The fourth-order valence-corrected chi connectivity index (χ4v) is 3.74. The molecule has 0 unspecified atom stereocenters. The van der Waals surface area contributed by atoms with Gasteiger partial charge in [-0.2, -0.15) is 0 Å². The molecule has 1 heterocycles. The summed E-state index contributed by atoms with van der Waals surface area (Å²) in [5, 5.41) is 7.70. The van der Waals surface area contributed by atoms with Crippen LogP contribution in [-0.4, -0.2) is 30.5 Å². The monoisotopic (exact) mass is 409 g/mol. The van der Waals surface area contributed by atoms with Crippen molar-refractivity contribution in [2.45, 2.75) is 20.8 Å². The minimum atomic E-state index is -0.333. The Morgan fingerprint density at radius 3 is 2.45 bits per heavy atom. The average Bonchev–Trinajstić information content (AvgIpc) is 3.13. The summed E-state index contributed by atoms with van der Waals surface area (Å²) < 4.78 is 5.40. The fraction of sp³-hybridized carbons (Fsp3) is 0.227. The first-order valence-electron chi connectivity index (χ1n) is 9.12. The van der Waals surface area contributed by atoms with Crippen LogP contribution in [0.1, 0.15) is 27.0 Å². The lowest BCUT2D eigenvalue weighted by Gasteiger charge is -2.08. The number of carbonyl (C=O) groups excluding carboxylic acids is 2. The van der Waals surface area contributed by atoms with E-state index in [-0.39, 0.29) is 18.4 Å². The second-order valence-corrected chi connectivity index (χ2v) is 7.71. The molecule has 3 aromatic rings. The van der Waals surface area contributed by atoms with Gasteiger partial charge in [0.2, 0.25) is 5.91 Å². The number of benzene rings is 2. The molecule has 0 saturated heterocycles. The van der Waals surface area contributed by atoms with Gasteiger partial charge in [-0.3, -0.25) is 9.59 Å². The van der Waals surface area contributed by atoms with Crippen molar-refractivity contribution in [2.24, 2.45) is 0 Å². The highest BCUT2D eigenvalue weighted by atomic mass is 32.1. The summed E-state index contributed by atoms with van der Waals surface area (Å²) in [6, 6.07) is 11.4. The Hall–Kier alpha value is -3.19. The minimum absolute atomic E-state index is 0.130. The van der Waals surface area contributed by atoms with Crippen molar-refractivity contribution in [3.63, 3.8) is 0 Å². The van der Waals surface area contributed by atoms with Crippen LogP contribution in [0.25, 0.3) is 11.3 Å². The first-order chi connectivity index (χ1) is 13.9. The average molecular weight is 410 g/mol. The number of aryl methyl sites for hydroxylation is 3. The predicted octanol–water partition coefficient (Wildman–Crippen LogP) is 4.11. The van der Waals surface area contributed by atoms with Crippen LogP contribution in [-0.2, 0) is 4.79 Å². The van der Waals surface area contributed by atoms with Gasteiger partial charge in [-0.25, -0.2) is 4.98 Å². The van der Waals surface area contributed by atoms with Crippen molar-refractivity contribution >= 4 is 28.3 Å². The molecule has 3 rings (SSSR count). The second-order valence-electron chi connectivity index (χ2n) is 6.85. The van der Waals surface area contributed by atoms with E-state index in [0.29, 0.717) is 10.7 Å². The summed E-state index contributed by atoms with van der Waals surface area (Å²) in [4.78, 5) is 29.0. The molecule has 0 atom stereocenters. The zero-order chi connectivity index (χ0) is 21.0. The highest BCUT2D eigenvalue weighted by Crippen LogP contribution is 2.32. The maximum atomic E-state index is 12.3. The van der Waals surface area contributed by atoms with Crippen LogP contribution in [0.2, 0.25) is 0 Å². The SMILES string of the molecule is COc1ccc(C)cc1-c1csc(NC(=O)CNC(=O)c2cc(C)cc(C)c2)n1. The molecular formula is C22H23N3O3S. The molecule has 1 aromatic heterocycles. The molecule has 0 bridgehead atoms. The summed E-state index contributed by atoms with van der Waals surface area (Å²) in [6.07, 6.45) is 0. The minimum Gasteiger partial charge on any atom is -0.496 e. The standard InChI is InChI=1S/C22H23N3O3S/c1-13-5-6-19(28-4)17(10-13)18-12-29-22(24-18)25-20(26)11-23-21(27)16-8-14(2)7-15(3)9-16/h5-10,12H,11H2,1-4H3,(H,23,27)(H,24,25,26). The molecule has 0 aliphatic carbocycles. The molecule has 0 aliphatic rings. The van der Waals surface area contributed by atoms with Gasteiger partial charge in [0.25, 0.3) is 5.91 Å². The Balaban J connectivity index is 1.62. The van der Waals surface area contributed by atoms with Crippen LogP contribution in [0, 0.1) is 20.8 Å². The number of amides is 2. The van der Waals surface area contributed by atoms with Crippen molar-refractivity contribution in [1.82, 2.24) is 10.3 Å². The third-order valence-corrected chi connectivity index (χ3v) is 5.03. The van der Waals surface area contributed by atoms with E-state index in [1.54, 1.807) is 19.2 Å². The van der Waals surface area contributed by atoms with Crippen molar-refractivity contribution < 1.29 is 14.3 Å². The van der Waals surface area contributed by atoms with E-state index in [1.165, 1.54) is 11.3 Å². The van der Waals surface area contributed by atoms with Crippen LogP contribution < -0.4 is 15.4 Å². The number of hydrogen-bond acceptors (Lipinski definition) is 5. The van der Waals surface area contributed by atoms with Crippen molar-refractivity contribution in [3.05, 3.63) is 64.0 Å². The highest BCUT2D eigenvalue weighted by molar-refractivity contribution is 7.14. The summed E-state index contributed by atoms with van der Waals surface area (Å²) >= 11 is 1.32. The molecule has 2 aromatic carbocycles. The Kier molecular flexibility index (Phi) is 6.29. The third kappa shape index (κ3) is 5.20. The third-order valence-electron chi connectivity index (χ3n) is 4.27. The molecule has 6 nitrogen and oxygen atoms in total. The lowest BCUT2D eigenvalue weighted by Crippen LogP contribution is -2.32. The van der Waals surface area contributed by atoms with Gasteiger partial charge in [0.1, 0.15) is 5.75 Å². The van der Waals surface area contributed by atoms with E-state index in [0.717, 1.165) is 33.7 Å². The number of carbonyl (C=O) groups is 2. The van der Waals surface area contributed by atoms with Crippen LogP contribution in [0.3, 0.4) is 0 Å². The van der Waals surface area contributed by atoms with Crippen LogP contribution in [0.4, 0.5) is 5.13 Å². The predicted molar refractivity (Wildman–Crippen MR) is 116 cm³/mol. The van der Waals surface area contributed by atoms with Gasteiger partial charge in [0.15, 0.2) is 5.13 Å². The maximum absolute atomic E-state index is 12.3. The lowest BCUT2D eigenvalue weighted by atomic mass is 10.1. The number of methoxy groups -OCH3 is 1. The van der Waals surface area contributed by atoms with Gasteiger partial charge in [0, 0.05) is 16.5 Å². The van der Waals surface area contributed by atoms with Crippen molar-refractivity contribution in [3.8, 4) is 17.0 Å². The van der Waals surface area contributed by atoms with E-state index in [1.807, 2.05) is 50.4 Å². The number of nitrogens with one attached hydrogen (secondary N) is 2. The van der Waals surface area contributed by atoms with Crippen LogP contribution in [0.15, 0.2) is 41.8 Å². The van der Waals surface area contributed by atoms with Crippen molar-refractivity contribution in [1.29, 1.82) is 0 Å². The molecule has 29 heavy (non-hydrogen) atoms. The fourth-order valence-electron chi connectivity index (χ4n) is 3.01. The molecule has 0 saturated carbocycles. The Morgan fingerprint density at radius 1 is 1.03 bits per heavy atom. The number of anilines is 1. The molecular weight excluding hydrogens is 386 g/mol. The number of hydrogen-bond donors (Lipinski definition) is 2. The second kappa shape index (κ2) is 8.87. The van der Waals surface area contributed by atoms with Gasteiger partial charge in [-0.15, -0.1) is 11.3 Å². The summed E-state index contributed by atoms with van der Waals surface area (Å²) in [5.41, 5.74) is 5.23. The van der Waals surface area contributed by atoms with E-state index in [4.69, 9.17) is 4.74 Å². The van der Waals surface area contributed by atoms with Gasteiger partial charge in [-0.1, -0.05) is 28.8 Å². The maximum Gasteiger partial charge on any atom is 0.251 e. The first-order valence-corrected chi connectivity index (χ1v) is 10.0. The van der Waals surface area contributed by atoms with Crippen molar-refractivity contribution in [2.75, 3.05) is 19.0 Å². The molecule has 2 amide bonds. The van der Waals surface area contributed by atoms with Gasteiger partial charge >= 0.3 is 0 Å². The van der Waals surface area contributed by atoms with Gasteiger partial charge in [0.05, 0.1) is 19.3 Å². The first kappa shape index (κ1) is 20.5. The van der Waals surface area contributed by atoms with Gasteiger partial charge < -0.3 is 15.4 Å². The topological polar surface area (TPSA) is 80.3 Å². The van der Waals surface area contributed by atoms with E-state index in [2.05, 4.69) is 15.6 Å². The largest absolute Gasteiger partial charge is 0.496 e. The van der Waals surface area contributed by atoms with E-state index in [9.17, 15) is 9.59 Å². The molecule has 0 fully saturated rings. The number of nitrogens with zero attached hydrogens (tertiary/aromatic N) is 1. The number of ether oxygens (including phenoxy) is 1. The number of thiazole rings is 1. The summed E-state index contributed by atoms with van der Waals surface area (Å²) in [5.74, 6) is 0.107. The summed E-state index contributed by atoms with van der Waals surface area (Å²) in [6.45, 7) is 5.73. The highest BCUT2D eigenvalue weighted by Gasteiger charge is 2.13. The Bertz CT molecular complexity index is 1040. The molecule has 2 N–H and O–H groups in total. The summed E-state index contributed by atoms with van der Waals surface area (Å²) in [7, 11) is 1.61. The van der Waals surface area contributed by atoms with Crippen LogP contribution in [0.5, 0.6) is 5.75 Å². The number of aromatic nitrogens is 1. The molecule has 150 valence electrons. The Labute approximate surface area is 173 Å². The zero-order valence-corrected chi connectivity index (χ0v) is 17.6. The molecule has 7 heteroatoms. The van der Waals surface area contributed by atoms with E-state index >= 15 is 0 Å². The number of rotatable bonds is 6. The normalized spacial score (nSPS) is 10.5. The zero-order valence-electron chi connectivity index (χ0n) is 16.8. The quantitative estimate of drug-likeness (QED) is 0.642.